The highest BCUT2D eigenvalue weighted by Crippen LogP contribution is 2.21. The molecule has 2 heterocycles. The number of ether oxygens (including phenoxy) is 1. The summed E-state index contributed by atoms with van der Waals surface area (Å²) >= 11 is 0. The molecule has 0 radical (unpaired) electrons. The van der Waals surface area contributed by atoms with Crippen LogP contribution in [0.4, 0.5) is 4.39 Å². The van der Waals surface area contributed by atoms with E-state index in [1.54, 1.807) is 28.6 Å². The number of aryl methyl sites for hydroxylation is 1. The molecular weight excluding hydrogens is 325 g/mol. The Morgan fingerprint density at radius 3 is 2.76 bits per heavy atom. The highest BCUT2D eigenvalue weighted by molar-refractivity contribution is 5.96. The lowest BCUT2D eigenvalue weighted by Gasteiger charge is -2.22. The Balaban J connectivity index is 1.91. The Labute approximate surface area is 145 Å². The van der Waals surface area contributed by atoms with Crippen LogP contribution in [-0.2, 0) is 4.74 Å². The van der Waals surface area contributed by atoms with Crippen molar-refractivity contribution in [1.82, 2.24) is 14.7 Å². The summed E-state index contributed by atoms with van der Waals surface area (Å²) < 4.78 is 20.2. The Kier molecular flexibility index (Phi) is 5.15. The number of carbonyl (C=O) groups excluding carboxylic acids is 1. The third kappa shape index (κ3) is 3.57. The van der Waals surface area contributed by atoms with Crippen LogP contribution >= 0.6 is 0 Å². The molecule has 1 atom stereocenters. The summed E-state index contributed by atoms with van der Waals surface area (Å²) in [5.41, 5.74) is 2.58. The molecular formula is C18H22FN3O3. The Morgan fingerprint density at radius 1 is 1.36 bits per heavy atom. The van der Waals surface area contributed by atoms with Crippen molar-refractivity contribution in [2.24, 2.45) is 5.92 Å². The molecule has 0 bridgehead atoms. The van der Waals surface area contributed by atoms with Gasteiger partial charge in [-0.05, 0) is 38.1 Å². The molecule has 1 aliphatic heterocycles. The summed E-state index contributed by atoms with van der Waals surface area (Å²) in [5.74, 6) is -0.521. The van der Waals surface area contributed by atoms with E-state index in [2.05, 4.69) is 5.10 Å². The van der Waals surface area contributed by atoms with Crippen LogP contribution < -0.4 is 0 Å². The van der Waals surface area contributed by atoms with Crippen LogP contribution in [-0.4, -0.2) is 58.6 Å². The van der Waals surface area contributed by atoms with Crippen LogP contribution in [0.3, 0.4) is 0 Å². The van der Waals surface area contributed by atoms with Gasteiger partial charge in [0.15, 0.2) is 0 Å². The average molecular weight is 347 g/mol. The van der Waals surface area contributed by atoms with E-state index in [1.807, 2.05) is 6.92 Å². The predicted molar refractivity (Wildman–Crippen MR) is 90.3 cm³/mol. The molecule has 0 saturated carbocycles. The van der Waals surface area contributed by atoms with Crippen LogP contribution in [0, 0.1) is 25.6 Å². The number of halogens is 1. The summed E-state index contributed by atoms with van der Waals surface area (Å²) in [6.45, 7) is 5.44. The van der Waals surface area contributed by atoms with Gasteiger partial charge in [-0.15, -0.1) is 0 Å². The van der Waals surface area contributed by atoms with Gasteiger partial charge in [-0.25, -0.2) is 9.07 Å². The maximum atomic E-state index is 13.1. The molecule has 1 saturated heterocycles. The Morgan fingerprint density at radius 2 is 2.08 bits per heavy atom. The van der Waals surface area contributed by atoms with Crippen molar-refractivity contribution >= 4 is 5.91 Å². The molecule has 25 heavy (non-hydrogen) atoms. The van der Waals surface area contributed by atoms with E-state index >= 15 is 0 Å². The smallest absolute Gasteiger partial charge is 0.257 e. The topological polar surface area (TPSA) is 67.6 Å². The maximum Gasteiger partial charge on any atom is 0.257 e. The Bertz CT molecular complexity index is 758. The van der Waals surface area contributed by atoms with Gasteiger partial charge in [-0.2, -0.15) is 5.10 Å². The van der Waals surface area contributed by atoms with Crippen molar-refractivity contribution in [2.45, 2.75) is 13.8 Å². The number of aromatic nitrogens is 2. The maximum absolute atomic E-state index is 13.1. The zero-order valence-corrected chi connectivity index (χ0v) is 14.4. The lowest BCUT2D eigenvalue weighted by atomic mass is 10.1. The molecule has 1 N–H and O–H groups in total. The lowest BCUT2D eigenvalue weighted by Crippen LogP contribution is -2.37. The largest absolute Gasteiger partial charge is 0.396 e. The van der Waals surface area contributed by atoms with Gasteiger partial charge >= 0.3 is 0 Å². The fraction of sp³-hybridized carbons (Fsp3) is 0.444. The summed E-state index contributed by atoms with van der Waals surface area (Å²) in [4.78, 5) is 14.7. The fourth-order valence-corrected chi connectivity index (χ4v) is 3.12. The highest BCUT2D eigenvalue weighted by atomic mass is 19.1. The number of benzene rings is 1. The van der Waals surface area contributed by atoms with Gasteiger partial charge in [-0.1, -0.05) is 0 Å². The number of rotatable bonds is 3. The zero-order chi connectivity index (χ0) is 18.0. The molecule has 1 aliphatic rings. The van der Waals surface area contributed by atoms with E-state index in [4.69, 9.17) is 4.74 Å². The minimum atomic E-state index is -0.318. The third-order valence-electron chi connectivity index (χ3n) is 4.46. The molecule has 1 amide bonds. The van der Waals surface area contributed by atoms with Gasteiger partial charge in [-0.3, -0.25) is 4.79 Å². The normalized spacial score (nSPS) is 18.2. The fourth-order valence-electron chi connectivity index (χ4n) is 3.12. The van der Waals surface area contributed by atoms with E-state index in [9.17, 15) is 14.3 Å². The van der Waals surface area contributed by atoms with Gasteiger partial charge in [0.05, 0.1) is 35.9 Å². The molecule has 7 heteroatoms. The summed E-state index contributed by atoms with van der Waals surface area (Å²) in [6, 6.07) is 5.99. The number of nitrogens with zero attached hydrogens (tertiary/aromatic N) is 3. The van der Waals surface area contributed by atoms with E-state index in [-0.39, 0.29) is 24.2 Å². The number of hydrogen-bond donors (Lipinski definition) is 1. The molecule has 1 unspecified atom stereocenters. The molecule has 3 rings (SSSR count). The zero-order valence-electron chi connectivity index (χ0n) is 14.4. The first-order valence-corrected chi connectivity index (χ1v) is 8.31. The highest BCUT2D eigenvalue weighted by Gasteiger charge is 2.27. The Hall–Kier alpha value is -2.25. The molecule has 1 fully saturated rings. The SMILES string of the molecule is Cc1nn(-c2ccc(F)cc2)c(C)c1C(=O)N1CCOCC(CO)C1. The summed E-state index contributed by atoms with van der Waals surface area (Å²) in [6.07, 6.45) is 0. The summed E-state index contributed by atoms with van der Waals surface area (Å²) in [5, 5.41) is 13.9. The second kappa shape index (κ2) is 7.33. The first-order chi connectivity index (χ1) is 12.0. The van der Waals surface area contributed by atoms with Crippen molar-refractivity contribution in [3.05, 3.63) is 47.0 Å². The van der Waals surface area contributed by atoms with Crippen molar-refractivity contribution in [1.29, 1.82) is 0 Å². The van der Waals surface area contributed by atoms with E-state index < -0.39 is 0 Å². The number of aliphatic hydroxyl groups excluding tert-OH is 1. The molecule has 0 aliphatic carbocycles. The lowest BCUT2D eigenvalue weighted by molar-refractivity contribution is 0.0727. The van der Waals surface area contributed by atoms with Crippen molar-refractivity contribution in [2.75, 3.05) is 32.9 Å². The first kappa shape index (κ1) is 17.6. The van der Waals surface area contributed by atoms with Crippen molar-refractivity contribution in [3.8, 4) is 5.69 Å². The van der Waals surface area contributed by atoms with Gasteiger partial charge < -0.3 is 14.7 Å². The monoisotopic (exact) mass is 347 g/mol. The van der Waals surface area contributed by atoms with Crippen LogP contribution in [0.5, 0.6) is 0 Å². The van der Waals surface area contributed by atoms with Gasteiger partial charge in [0, 0.05) is 25.6 Å². The first-order valence-electron chi connectivity index (χ1n) is 8.31. The van der Waals surface area contributed by atoms with Crippen LogP contribution in [0.1, 0.15) is 21.7 Å². The second-order valence-electron chi connectivity index (χ2n) is 6.31. The molecule has 1 aromatic carbocycles. The molecule has 1 aromatic heterocycles. The van der Waals surface area contributed by atoms with Gasteiger partial charge in [0.2, 0.25) is 0 Å². The quantitative estimate of drug-likeness (QED) is 0.918. The number of hydrogen-bond acceptors (Lipinski definition) is 4. The van der Waals surface area contributed by atoms with E-state index in [1.165, 1.54) is 12.1 Å². The van der Waals surface area contributed by atoms with Crippen LogP contribution in [0.15, 0.2) is 24.3 Å². The second-order valence-corrected chi connectivity index (χ2v) is 6.31. The number of aliphatic hydroxyl groups is 1. The van der Waals surface area contributed by atoms with Crippen molar-refractivity contribution in [3.63, 3.8) is 0 Å². The number of carbonyl (C=O) groups is 1. The minimum Gasteiger partial charge on any atom is -0.396 e. The van der Waals surface area contributed by atoms with Crippen LogP contribution in [0.25, 0.3) is 5.69 Å². The molecule has 6 nitrogen and oxygen atoms in total. The molecule has 134 valence electrons. The van der Waals surface area contributed by atoms with E-state index in [0.29, 0.717) is 48.9 Å². The summed E-state index contributed by atoms with van der Waals surface area (Å²) in [7, 11) is 0. The standard InChI is InChI=1S/C18H22FN3O3/c1-12-17(18(24)21-7-8-25-11-14(9-21)10-23)13(2)22(20-12)16-5-3-15(19)4-6-16/h3-6,14,23H,7-11H2,1-2H3. The van der Waals surface area contributed by atoms with Gasteiger partial charge in [0.1, 0.15) is 5.82 Å². The average Bonchev–Trinajstić information content (AvgIpc) is 2.79. The third-order valence-corrected chi connectivity index (χ3v) is 4.46. The van der Waals surface area contributed by atoms with E-state index in [0.717, 1.165) is 0 Å². The van der Waals surface area contributed by atoms with Crippen LogP contribution in [0.2, 0.25) is 0 Å². The van der Waals surface area contributed by atoms with Crippen molar-refractivity contribution < 1.29 is 19.0 Å². The molecule has 0 spiro atoms. The van der Waals surface area contributed by atoms with Gasteiger partial charge in [0.25, 0.3) is 5.91 Å². The predicted octanol–water partition coefficient (Wildman–Crippen LogP) is 1.71. The molecule has 2 aromatic rings. The number of amides is 1. The minimum absolute atomic E-state index is 0.0173.